The third kappa shape index (κ3) is 9.30. The summed E-state index contributed by atoms with van der Waals surface area (Å²) in [6.45, 7) is 8.77. The van der Waals surface area contributed by atoms with Crippen LogP contribution in [0, 0.1) is 0 Å². The van der Waals surface area contributed by atoms with Crippen LogP contribution < -0.4 is 61.6 Å². The first-order chi connectivity index (χ1) is 24.7. The second-order valence-electron chi connectivity index (χ2n) is 14.3. The number of carbonyl (C=O) groups is 3. The molecule has 54 heavy (non-hydrogen) atoms. The number of rotatable bonds is 14. The quantitative estimate of drug-likeness (QED) is 0.0704. The summed E-state index contributed by atoms with van der Waals surface area (Å²) in [4.78, 5) is 38.5. The van der Waals surface area contributed by atoms with E-state index in [1.807, 2.05) is 69.7 Å². The third-order valence-electron chi connectivity index (χ3n) is 10.0. The molecule has 0 fully saturated rings. The average Bonchev–Trinajstić information content (AvgIpc) is 3.58. The van der Waals surface area contributed by atoms with Crippen molar-refractivity contribution >= 4 is 55.0 Å². The Hall–Kier alpha value is -3.06. The standard InChI is InChI=1S/C38H44N4O9S2.K/c1-37(2)28-24-26(52(46,47)48)15-17-30(28)40(5)32(37)12-8-6-9-13-33-38(3,4)29-25-27(53(49,50)51)16-18-31(29)41(33)22-11-7-10-14-34(43)39-21-23-42-35(44)19-20-36(42)45;/h6,8-9,12-13,15-20,24-25H,7,10-11,14,21-23H2,1-5H3,(H2-,39,43,46,47,48,49,50,51);/q;+1. The molecule has 3 amide bonds. The van der Waals surface area contributed by atoms with Crippen molar-refractivity contribution in [2.24, 2.45) is 0 Å². The number of benzene rings is 2. The maximum absolute atomic E-state index is 12.4. The molecule has 3 aliphatic heterocycles. The predicted molar refractivity (Wildman–Crippen MR) is 199 cm³/mol. The molecule has 282 valence electrons. The van der Waals surface area contributed by atoms with E-state index in [1.165, 1.54) is 36.4 Å². The van der Waals surface area contributed by atoms with Crippen LogP contribution in [0.25, 0.3) is 0 Å². The van der Waals surface area contributed by atoms with Crippen molar-refractivity contribution in [3.63, 3.8) is 0 Å². The SMILES string of the molecule is C[N+]1=C(C=CC=CC=C2N(CCCCCC(=O)NCCN3C(=O)C=CC3=O)c3ccc(S(=O)(=O)O)cc3C2(C)C)C(C)(C)c2cc(S(=O)(=O)[O-])ccc21.[K+]. The molecule has 0 unspecified atom stereocenters. The van der Waals surface area contributed by atoms with Crippen molar-refractivity contribution in [3.05, 3.63) is 95.8 Å². The zero-order chi connectivity index (χ0) is 38.9. The van der Waals surface area contributed by atoms with Crippen LogP contribution in [0.3, 0.4) is 0 Å². The maximum Gasteiger partial charge on any atom is 1.00 e. The monoisotopic (exact) mass is 803 g/mol. The first-order valence-corrected chi connectivity index (χ1v) is 20.1. The van der Waals surface area contributed by atoms with Gasteiger partial charge in [-0.3, -0.25) is 23.8 Å². The van der Waals surface area contributed by atoms with Gasteiger partial charge in [-0.2, -0.15) is 13.0 Å². The van der Waals surface area contributed by atoms with Gasteiger partial charge in [0.1, 0.15) is 17.2 Å². The van der Waals surface area contributed by atoms with E-state index in [0.29, 0.717) is 13.0 Å². The van der Waals surface area contributed by atoms with E-state index < -0.39 is 42.9 Å². The third-order valence-corrected chi connectivity index (χ3v) is 11.7. The minimum Gasteiger partial charge on any atom is -0.744 e. The topological polar surface area (TPSA) is 184 Å². The van der Waals surface area contributed by atoms with E-state index in [1.54, 1.807) is 12.1 Å². The molecule has 5 rings (SSSR count). The summed E-state index contributed by atoms with van der Waals surface area (Å²) in [5, 5.41) is 2.75. The molecule has 0 bridgehead atoms. The zero-order valence-electron chi connectivity index (χ0n) is 31.3. The Morgan fingerprint density at radius 3 is 2.15 bits per heavy atom. The van der Waals surface area contributed by atoms with E-state index in [9.17, 15) is 40.3 Å². The predicted octanol–water partition coefficient (Wildman–Crippen LogP) is 1.24. The molecule has 0 saturated carbocycles. The molecule has 2 aromatic carbocycles. The van der Waals surface area contributed by atoms with Crippen molar-refractivity contribution in [1.29, 1.82) is 0 Å². The normalized spacial score (nSPS) is 18.3. The number of carbonyl (C=O) groups excluding carboxylic acids is 3. The van der Waals surface area contributed by atoms with Crippen molar-refractivity contribution in [1.82, 2.24) is 10.2 Å². The molecule has 3 heterocycles. The van der Waals surface area contributed by atoms with Gasteiger partial charge in [-0.15, -0.1) is 0 Å². The van der Waals surface area contributed by atoms with Crippen LogP contribution >= 0.6 is 0 Å². The smallest absolute Gasteiger partial charge is 0.744 e. The minimum absolute atomic E-state index is 0. The van der Waals surface area contributed by atoms with E-state index in [4.69, 9.17) is 0 Å². The number of hydrogen-bond acceptors (Lipinski definition) is 9. The number of anilines is 1. The molecule has 0 spiro atoms. The molecular weight excluding hydrogens is 760 g/mol. The Morgan fingerprint density at radius 2 is 1.50 bits per heavy atom. The van der Waals surface area contributed by atoms with Crippen molar-refractivity contribution < 1.29 is 96.3 Å². The first-order valence-electron chi connectivity index (χ1n) is 17.2. The van der Waals surface area contributed by atoms with Crippen molar-refractivity contribution in [2.45, 2.75) is 74.0 Å². The molecule has 2 N–H and O–H groups in total. The van der Waals surface area contributed by atoms with Crippen molar-refractivity contribution in [2.75, 3.05) is 31.6 Å². The molecule has 0 saturated heterocycles. The van der Waals surface area contributed by atoms with Crippen molar-refractivity contribution in [3.8, 4) is 0 Å². The van der Waals surface area contributed by atoms with Crippen LogP contribution in [0.1, 0.15) is 64.5 Å². The minimum atomic E-state index is -4.60. The number of nitrogens with one attached hydrogen (secondary N) is 1. The number of hydrogen-bond donors (Lipinski definition) is 2. The van der Waals surface area contributed by atoms with E-state index in [0.717, 1.165) is 51.7 Å². The fourth-order valence-electron chi connectivity index (χ4n) is 7.16. The average molecular weight is 804 g/mol. The number of fused-ring (bicyclic) bond motifs is 2. The van der Waals surface area contributed by atoms with Crippen LogP contribution in [-0.2, 0) is 45.4 Å². The van der Waals surface area contributed by atoms with Crippen LogP contribution in [0.15, 0.2) is 94.4 Å². The Morgan fingerprint density at radius 1 is 0.852 bits per heavy atom. The second kappa shape index (κ2) is 17.0. The molecule has 16 heteroatoms. The fourth-order valence-corrected chi connectivity index (χ4v) is 8.17. The molecule has 13 nitrogen and oxygen atoms in total. The second-order valence-corrected chi connectivity index (χ2v) is 17.1. The molecule has 0 aromatic heterocycles. The fraction of sp³-hybridized carbons (Fsp3) is 0.368. The Kier molecular flexibility index (Phi) is 13.7. The summed E-state index contributed by atoms with van der Waals surface area (Å²) in [6, 6.07) is 8.98. The summed E-state index contributed by atoms with van der Waals surface area (Å²) in [5.74, 6) is -0.956. The van der Waals surface area contributed by atoms with Gasteiger partial charge >= 0.3 is 51.4 Å². The zero-order valence-corrected chi connectivity index (χ0v) is 36.1. The molecule has 2 aromatic rings. The number of unbranched alkanes of at least 4 members (excludes halogenated alkanes) is 2. The summed E-state index contributed by atoms with van der Waals surface area (Å²) in [5.41, 5.74) is 3.73. The molecular formula is C38H44KN4O9S2+. The molecule has 3 aliphatic rings. The Bertz CT molecular complexity index is 2220. The summed E-state index contributed by atoms with van der Waals surface area (Å²) < 4.78 is 70.8. The van der Waals surface area contributed by atoms with Gasteiger partial charge in [-0.05, 0) is 68.7 Å². The van der Waals surface area contributed by atoms with Crippen LogP contribution in [0.4, 0.5) is 11.4 Å². The van der Waals surface area contributed by atoms with Gasteiger partial charge in [0, 0.05) is 72.7 Å². The Labute approximate surface area is 359 Å². The molecule has 0 aliphatic carbocycles. The van der Waals surface area contributed by atoms with Crippen LogP contribution in [0.5, 0.6) is 0 Å². The van der Waals surface area contributed by atoms with E-state index >= 15 is 0 Å². The first kappa shape index (κ1) is 43.7. The number of imide groups is 1. The maximum atomic E-state index is 12.4. The van der Waals surface area contributed by atoms with Gasteiger partial charge in [0.05, 0.1) is 15.2 Å². The van der Waals surface area contributed by atoms with E-state index in [2.05, 4.69) is 10.2 Å². The van der Waals surface area contributed by atoms with E-state index in [-0.39, 0.29) is 86.6 Å². The van der Waals surface area contributed by atoms with Gasteiger partial charge < -0.3 is 14.8 Å². The Balaban J connectivity index is 0.00000650. The summed E-state index contributed by atoms with van der Waals surface area (Å²) >= 11 is 0. The number of nitrogens with zero attached hydrogens (tertiary/aromatic N) is 3. The van der Waals surface area contributed by atoms with Crippen LogP contribution in [-0.4, -0.2) is 85.5 Å². The van der Waals surface area contributed by atoms with Gasteiger partial charge in [0.2, 0.25) is 11.6 Å². The van der Waals surface area contributed by atoms with Gasteiger partial charge in [0.25, 0.3) is 21.9 Å². The summed E-state index contributed by atoms with van der Waals surface area (Å²) in [7, 11) is -7.15. The van der Waals surface area contributed by atoms with Gasteiger partial charge in [0.15, 0.2) is 5.71 Å². The summed E-state index contributed by atoms with van der Waals surface area (Å²) in [6.07, 6.45) is 14.3. The van der Waals surface area contributed by atoms with Gasteiger partial charge in [-0.25, -0.2) is 8.42 Å². The molecule has 0 atom stereocenters. The number of allylic oxidation sites excluding steroid dienone is 6. The van der Waals surface area contributed by atoms with Gasteiger partial charge in [-0.1, -0.05) is 38.5 Å². The molecule has 0 radical (unpaired) electrons. The number of amides is 3. The van der Waals surface area contributed by atoms with Crippen LogP contribution in [0.2, 0.25) is 0 Å². The largest absolute Gasteiger partial charge is 1.00 e.